The van der Waals surface area contributed by atoms with Gasteiger partial charge in [0.1, 0.15) is 11.5 Å². The molecular formula is C17H24O2. The van der Waals surface area contributed by atoms with Gasteiger partial charge in [-0.3, -0.25) is 4.79 Å². The monoisotopic (exact) mass is 260 g/mol. The Morgan fingerprint density at radius 2 is 1.79 bits per heavy atom. The quantitative estimate of drug-likeness (QED) is 0.799. The average Bonchev–Trinajstić information content (AvgIpc) is 2.46. The minimum Gasteiger partial charge on any atom is -0.497 e. The van der Waals surface area contributed by atoms with Gasteiger partial charge in [-0.05, 0) is 42.9 Å². The molecule has 19 heavy (non-hydrogen) atoms. The number of aryl methyl sites for hydroxylation is 1. The fourth-order valence-electron chi connectivity index (χ4n) is 2.85. The minimum absolute atomic E-state index is 0.328. The lowest BCUT2D eigenvalue weighted by Gasteiger charge is -2.25. The first-order valence-electron chi connectivity index (χ1n) is 7.34. The van der Waals surface area contributed by atoms with Crippen molar-refractivity contribution in [2.45, 2.75) is 45.4 Å². The van der Waals surface area contributed by atoms with Crippen molar-refractivity contribution < 1.29 is 9.53 Å². The van der Waals surface area contributed by atoms with Crippen LogP contribution < -0.4 is 4.74 Å². The fraction of sp³-hybridized carbons (Fsp3) is 0.588. The average molecular weight is 260 g/mol. The molecule has 0 aliphatic heterocycles. The third-order valence-corrected chi connectivity index (χ3v) is 4.29. The Kier molecular flexibility index (Phi) is 5.00. The zero-order valence-corrected chi connectivity index (χ0v) is 12.0. The van der Waals surface area contributed by atoms with E-state index in [9.17, 15) is 4.79 Å². The summed E-state index contributed by atoms with van der Waals surface area (Å²) in [5.74, 6) is 2.47. The highest BCUT2D eigenvalue weighted by Crippen LogP contribution is 2.29. The lowest BCUT2D eigenvalue weighted by Crippen LogP contribution is -2.21. The molecule has 0 atom stereocenters. The van der Waals surface area contributed by atoms with Crippen LogP contribution in [-0.2, 0) is 11.2 Å². The van der Waals surface area contributed by atoms with E-state index in [-0.39, 0.29) is 0 Å². The first-order chi connectivity index (χ1) is 9.19. The van der Waals surface area contributed by atoms with Gasteiger partial charge in [0.05, 0.1) is 7.11 Å². The zero-order valence-electron chi connectivity index (χ0n) is 12.0. The Morgan fingerprint density at radius 3 is 2.37 bits per heavy atom. The largest absolute Gasteiger partial charge is 0.497 e. The molecule has 1 aliphatic carbocycles. The molecule has 0 aromatic heterocycles. The van der Waals surface area contributed by atoms with Crippen molar-refractivity contribution in [3.63, 3.8) is 0 Å². The van der Waals surface area contributed by atoms with E-state index in [2.05, 4.69) is 19.1 Å². The van der Waals surface area contributed by atoms with Crippen molar-refractivity contribution in [3.8, 4) is 5.75 Å². The van der Waals surface area contributed by atoms with Crippen LogP contribution in [0, 0.1) is 11.8 Å². The highest BCUT2D eigenvalue weighted by Gasteiger charge is 2.23. The number of benzene rings is 1. The van der Waals surface area contributed by atoms with Crippen molar-refractivity contribution in [2.75, 3.05) is 7.11 Å². The van der Waals surface area contributed by atoms with Crippen molar-refractivity contribution in [2.24, 2.45) is 11.8 Å². The Balaban J connectivity index is 1.79. The summed E-state index contributed by atoms with van der Waals surface area (Å²) in [6.45, 7) is 2.29. The predicted octanol–water partition coefficient (Wildman–Crippen LogP) is 4.02. The van der Waals surface area contributed by atoms with Gasteiger partial charge in [-0.15, -0.1) is 0 Å². The normalized spacial score (nSPS) is 23.1. The van der Waals surface area contributed by atoms with Crippen LogP contribution in [0.5, 0.6) is 5.75 Å². The van der Waals surface area contributed by atoms with E-state index in [1.165, 1.54) is 18.4 Å². The summed E-state index contributed by atoms with van der Waals surface area (Å²) in [6.07, 6.45) is 6.18. The van der Waals surface area contributed by atoms with Crippen LogP contribution in [0.3, 0.4) is 0 Å². The highest BCUT2D eigenvalue weighted by atomic mass is 16.5. The van der Waals surface area contributed by atoms with Gasteiger partial charge in [0, 0.05) is 12.3 Å². The van der Waals surface area contributed by atoms with Gasteiger partial charge >= 0.3 is 0 Å². The van der Waals surface area contributed by atoms with Gasteiger partial charge in [0.25, 0.3) is 0 Å². The summed E-state index contributed by atoms with van der Waals surface area (Å²) in [5.41, 5.74) is 1.22. The summed E-state index contributed by atoms with van der Waals surface area (Å²) >= 11 is 0. The van der Waals surface area contributed by atoms with Gasteiger partial charge in [0.2, 0.25) is 0 Å². The number of Topliss-reactive ketones (excluding diaryl/α,β-unsaturated/α-hetero) is 1. The molecule has 2 nitrogen and oxygen atoms in total. The number of methoxy groups -OCH3 is 1. The summed E-state index contributed by atoms with van der Waals surface area (Å²) < 4.78 is 5.13. The third-order valence-electron chi connectivity index (χ3n) is 4.29. The van der Waals surface area contributed by atoms with Gasteiger partial charge in [-0.2, -0.15) is 0 Å². The highest BCUT2D eigenvalue weighted by molar-refractivity contribution is 5.81. The number of hydrogen-bond acceptors (Lipinski definition) is 2. The fourth-order valence-corrected chi connectivity index (χ4v) is 2.85. The van der Waals surface area contributed by atoms with E-state index >= 15 is 0 Å². The second-order valence-corrected chi connectivity index (χ2v) is 5.77. The Hall–Kier alpha value is -1.31. The smallest absolute Gasteiger partial charge is 0.136 e. The summed E-state index contributed by atoms with van der Waals surface area (Å²) in [5, 5.41) is 0. The summed E-state index contributed by atoms with van der Waals surface area (Å²) in [4.78, 5) is 12.2. The third kappa shape index (κ3) is 4.09. The van der Waals surface area contributed by atoms with Crippen LogP contribution in [0.2, 0.25) is 0 Å². The van der Waals surface area contributed by atoms with Crippen LogP contribution in [0.1, 0.15) is 44.6 Å². The zero-order chi connectivity index (χ0) is 13.7. The molecule has 0 spiro atoms. The van der Waals surface area contributed by atoms with Gasteiger partial charge < -0.3 is 4.74 Å². The maximum atomic E-state index is 12.2. The minimum atomic E-state index is 0.328. The van der Waals surface area contributed by atoms with Gasteiger partial charge in [-0.1, -0.05) is 31.9 Å². The molecule has 1 aromatic carbocycles. The van der Waals surface area contributed by atoms with Gasteiger partial charge in [-0.25, -0.2) is 0 Å². The van der Waals surface area contributed by atoms with E-state index in [1.54, 1.807) is 7.11 Å². The van der Waals surface area contributed by atoms with E-state index in [0.29, 0.717) is 18.1 Å². The number of ether oxygens (including phenoxy) is 1. The van der Waals surface area contributed by atoms with Crippen LogP contribution >= 0.6 is 0 Å². The first-order valence-corrected chi connectivity index (χ1v) is 7.34. The maximum absolute atomic E-state index is 12.2. The predicted molar refractivity (Wildman–Crippen MR) is 77.4 cm³/mol. The van der Waals surface area contributed by atoms with Crippen LogP contribution in [-0.4, -0.2) is 12.9 Å². The Bertz CT molecular complexity index is 400. The maximum Gasteiger partial charge on any atom is 0.136 e. The van der Waals surface area contributed by atoms with Crippen LogP contribution in [0.4, 0.5) is 0 Å². The van der Waals surface area contributed by atoms with Crippen molar-refractivity contribution in [1.29, 1.82) is 0 Å². The standard InChI is InChI=1S/C17H24O2/c1-13-3-8-15(9-4-13)17(18)12-7-14-5-10-16(19-2)11-6-14/h5-6,10-11,13,15H,3-4,7-9,12H2,1-2H3. The lowest BCUT2D eigenvalue weighted by molar-refractivity contribution is -0.124. The molecule has 2 heteroatoms. The number of hydrogen-bond donors (Lipinski definition) is 0. The number of carbonyl (C=O) groups is 1. The van der Waals surface area contributed by atoms with E-state index in [1.807, 2.05) is 12.1 Å². The molecular weight excluding hydrogens is 236 g/mol. The van der Waals surface area contributed by atoms with Crippen molar-refractivity contribution in [3.05, 3.63) is 29.8 Å². The molecule has 1 fully saturated rings. The lowest BCUT2D eigenvalue weighted by atomic mass is 9.80. The molecule has 0 heterocycles. The molecule has 0 N–H and O–H groups in total. The van der Waals surface area contributed by atoms with E-state index in [4.69, 9.17) is 4.74 Å². The second-order valence-electron chi connectivity index (χ2n) is 5.77. The van der Waals surface area contributed by atoms with Gasteiger partial charge in [0.15, 0.2) is 0 Å². The topological polar surface area (TPSA) is 26.3 Å². The molecule has 2 rings (SSSR count). The van der Waals surface area contributed by atoms with E-state index in [0.717, 1.165) is 30.9 Å². The van der Waals surface area contributed by atoms with Crippen molar-refractivity contribution in [1.82, 2.24) is 0 Å². The molecule has 0 radical (unpaired) electrons. The Morgan fingerprint density at radius 1 is 1.16 bits per heavy atom. The van der Waals surface area contributed by atoms with Crippen LogP contribution in [0.15, 0.2) is 24.3 Å². The summed E-state index contributed by atoms with van der Waals surface area (Å²) in [6, 6.07) is 8.02. The summed E-state index contributed by atoms with van der Waals surface area (Å²) in [7, 11) is 1.67. The second kappa shape index (κ2) is 6.74. The molecule has 1 saturated carbocycles. The van der Waals surface area contributed by atoms with Crippen LogP contribution in [0.25, 0.3) is 0 Å². The van der Waals surface area contributed by atoms with Crippen molar-refractivity contribution >= 4 is 5.78 Å². The number of rotatable bonds is 5. The molecule has 104 valence electrons. The Labute approximate surface area is 116 Å². The van der Waals surface area contributed by atoms with E-state index < -0.39 is 0 Å². The number of carbonyl (C=O) groups excluding carboxylic acids is 1. The number of ketones is 1. The molecule has 1 aliphatic rings. The molecule has 1 aromatic rings. The first kappa shape index (κ1) is 14.1. The molecule has 0 bridgehead atoms. The molecule has 0 amide bonds. The SMILES string of the molecule is COc1ccc(CCC(=O)C2CCC(C)CC2)cc1. The molecule has 0 saturated heterocycles. The molecule has 0 unspecified atom stereocenters.